The van der Waals surface area contributed by atoms with E-state index in [9.17, 15) is 22.4 Å². The number of carbonyl (C=O) groups is 2. The topological polar surface area (TPSA) is 86.8 Å². The highest BCUT2D eigenvalue weighted by atomic mass is 32.2. The molecular formula is C25H34FN3O4S. The predicted molar refractivity (Wildman–Crippen MR) is 132 cm³/mol. The first kappa shape index (κ1) is 27.3. The number of nitrogens with zero attached hydrogens (tertiary/aromatic N) is 2. The number of sulfonamides is 1. The monoisotopic (exact) mass is 491 g/mol. The van der Waals surface area contributed by atoms with Gasteiger partial charge in [0.25, 0.3) is 0 Å². The molecule has 2 amide bonds. The Bertz CT molecular complexity index is 1060. The zero-order chi connectivity index (χ0) is 25.3. The van der Waals surface area contributed by atoms with E-state index in [1.807, 2.05) is 13.8 Å². The molecule has 0 aromatic heterocycles. The van der Waals surface area contributed by atoms with Gasteiger partial charge in [-0.2, -0.15) is 0 Å². The molecule has 0 saturated carbocycles. The molecule has 34 heavy (non-hydrogen) atoms. The average molecular weight is 492 g/mol. The second kappa shape index (κ2) is 12.5. The molecule has 0 saturated heterocycles. The number of anilines is 1. The van der Waals surface area contributed by atoms with Gasteiger partial charge in [0.15, 0.2) is 0 Å². The Balaban J connectivity index is 2.16. The summed E-state index contributed by atoms with van der Waals surface area (Å²) in [5, 5.41) is 2.87. The highest BCUT2D eigenvalue weighted by Crippen LogP contribution is 2.19. The predicted octanol–water partition coefficient (Wildman–Crippen LogP) is 3.70. The maximum atomic E-state index is 14.3. The fourth-order valence-corrected chi connectivity index (χ4v) is 4.42. The van der Waals surface area contributed by atoms with Gasteiger partial charge in [0, 0.05) is 31.1 Å². The van der Waals surface area contributed by atoms with Crippen molar-refractivity contribution in [1.82, 2.24) is 10.2 Å². The van der Waals surface area contributed by atoms with Gasteiger partial charge in [-0.25, -0.2) is 12.8 Å². The lowest BCUT2D eigenvalue weighted by molar-refractivity contribution is -0.141. The maximum absolute atomic E-state index is 14.3. The highest BCUT2D eigenvalue weighted by molar-refractivity contribution is 7.92. The summed E-state index contributed by atoms with van der Waals surface area (Å²) in [7, 11) is -3.54. The van der Waals surface area contributed by atoms with Gasteiger partial charge in [0.2, 0.25) is 21.8 Å². The standard InChI is InChI=1S/C25H34FN3O4S/c1-5-19(2)27-25(31)20(3)28(18-21-12-9-10-15-23(21)26)24(30)16-11-17-29(34(4,32)33)22-13-7-6-8-14-22/h6-10,12-15,19-20H,5,11,16-18H2,1-4H3,(H,27,31)/t19-,20+/m0/s1. The molecule has 0 unspecified atom stereocenters. The first-order valence-corrected chi connectivity index (χ1v) is 13.3. The molecule has 0 bridgehead atoms. The van der Waals surface area contributed by atoms with Crippen LogP contribution in [-0.4, -0.2) is 50.0 Å². The fourth-order valence-electron chi connectivity index (χ4n) is 3.46. The molecule has 186 valence electrons. The van der Waals surface area contributed by atoms with E-state index in [1.165, 1.54) is 15.3 Å². The Morgan fingerprint density at radius 1 is 1.03 bits per heavy atom. The largest absolute Gasteiger partial charge is 0.352 e. The summed E-state index contributed by atoms with van der Waals surface area (Å²) in [6.45, 7) is 5.48. The second-order valence-electron chi connectivity index (χ2n) is 8.38. The number of halogens is 1. The van der Waals surface area contributed by atoms with E-state index in [0.717, 1.165) is 12.7 Å². The first-order chi connectivity index (χ1) is 16.0. The number of hydrogen-bond acceptors (Lipinski definition) is 4. The van der Waals surface area contributed by atoms with E-state index in [4.69, 9.17) is 0 Å². The van der Waals surface area contributed by atoms with Crippen molar-refractivity contribution in [2.45, 2.75) is 58.7 Å². The van der Waals surface area contributed by atoms with Crippen molar-refractivity contribution in [1.29, 1.82) is 0 Å². The number of amides is 2. The third kappa shape index (κ3) is 7.83. The van der Waals surface area contributed by atoms with E-state index in [0.29, 0.717) is 11.3 Å². The molecule has 0 fully saturated rings. The molecule has 0 aliphatic heterocycles. The van der Waals surface area contributed by atoms with Gasteiger partial charge in [0.1, 0.15) is 11.9 Å². The Morgan fingerprint density at radius 2 is 1.65 bits per heavy atom. The minimum absolute atomic E-state index is 0.00819. The molecule has 2 aromatic rings. The number of carbonyl (C=O) groups excluding carboxylic acids is 2. The number of hydrogen-bond donors (Lipinski definition) is 1. The smallest absolute Gasteiger partial charge is 0.242 e. The zero-order valence-electron chi connectivity index (χ0n) is 20.2. The summed E-state index contributed by atoms with van der Waals surface area (Å²) in [5.41, 5.74) is 0.822. The molecule has 0 heterocycles. The van der Waals surface area contributed by atoms with Crippen LogP contribution in [0.4, 0.5) is 10.1 Å². The summed E-state index contributed by atoms with van der Waals surface area (Å²) in [4.78, 5) is 27.3. The van der Waals surface area contributed by atoms with Crippen molar-refractivity contribution in [3.05, 3.63) is 66.0 Å². The number of benzene rings is 2. The molecule has 2 atom stereocenters. The lowest BCUT2D eigenvalue weighted by atomic mass is 10.1. The normalized spacial score (nSPS) is 13.1. The molecule has 0 radical (unpaired) electrons. The summed E-state index contributed by atoms with van der Waals surface area (Å²) in [5.74, 6) is -1.13. The van der Waals surface area contributed by atoms with E-state index in [2.05, 4.69) is 5.32 Å². The van der Waals surface area contributed by atoms with Crippen LogP contribution in [0.25, 0.3) is 0 Å². The van der Waals surface area contributed by atoms with E-state index >= 15 is 0 Å². The van der Waals surface area contributed by atoms with Gasteiger partial charge < -0.3 is 10.2 Å². The Morgan fingerprint density at radius 3 is 2.24 bits per heavy atom. The van der Waals surface area contributed by atoms with Crippen LogP contribution in [0, 0.1) is 5.82 Å². The third-order valence-corrected chi connectivity index (χ3v) is 6.86. The van der Waals surface area contributed by atoms with Gasteiger partial charge in [-0.1, -0.05) is 43.3 Å². The van der Waals surface area contributed by atoms with E-state index in [-0.39, 0.29) is 43.8 Å². The third-order valence-electron chi connectivity index (χ3n) is 5.66. The fraction of sp³-hybridized carbons (Fsp3) is 0.440. The molecular weight excluding hydrogens is 457 g/mol. The van der Waals surface area contributed by atoms with Crippen molar-refractivity contribution < 1.29 is 22.4 Å². The molecule has 0 aliphatic rings. The minimum Gasteiger partial charge on any atom is -0.352 e. The van der Waals surface area contributed by atoms with Crippen molar-refractivity contribution in [2.75, 3.05) is 17.1 Å². The van der Waals surface area contributed by atoms with Gasteiger partial charge in [-0.3, -0.25) is 13.9 Å². The van der Waals surface area contributed by atoms with Crippen LogP contribution in [0.5, 0.6) is 0 Å². The Labute approximate surface area is 202 Å². The molecule has 0 spiro atoms. The van der Waals surface area contributed by atoms with Gasteiger partial charge in [0.05, 0.1) is 11.9 Å². The van der Waals surface area contributed by atoms with Crippen LogP contribution in [0.15, 0.2) is 54.6 Å². The minimum atomic E-state index is -3.54. The average Bonchev–Trinajstić information content (AvgIpc) is 2.80. The van der Waals surface area contributed by atoms with E-state index in [1.54, 1.807) is 55.5 Å². The van der Waals surface area contributed by atoms with Gasteiger partial charge in [-0.15, -0.1) is 0 Å². The van der Waals surface area contributed by atoms with Crippen LogP contribution in [-0.2, 0) is 26.2 Å². The van der Waals surface area contributed by atoms with Crippen molar-refractivity contribution in [3.63, 3.8) is 0 Å². The number of nitrogens with one attached hydrogen (secondary N) is 1. The molecule has 7 nitrogen and oxygen atoms in total. The molecule has 0 aliphatic carbocycles. The molecule has 2 rings (SSSR count). The van der Waals surface area contributed by atoms with Gasteiger partial charge >= 0.3 is 0 Å². The zero-order valence-corrected chi connectivity index (χ0v) is 21.0. The van der Waals surface area contributed by atoms with Crippen LogP contribution >= 0.6 is 0 Å². The first-order valence-electron chi connectivity index (χ1n) is 11.4. The Hall–Kier alpha value is -2.94. The van der Waals surface area contributed by atoms with Crippen LogP contribution in [0.1, 0.15) is 45.6 Å². The quantitative estimate of drug-likeness (QED) is 0.491. The maximum Gasteiger partial charge on any atom is 0.242 e. The van der Waals surface area contributed by atoms with Crippen LogP contribution in [0.2, 0.25) is 0 Å². The summed E-state index contributed by atoms with van der Waals surface area (Å²) < 4.78 is 40.1. The molecule has 9 heteroatoms. The number of rotatable bonds is 12. The van der Waals surface area contributed by atoms with Crippen molar-refractivity contribution >= 4 is 27.5 Å². The second-order valence-corrected chi connectivity index (χ2v) is 10.3. The Kier molecular flexibility index (Phi) is 10.0. The van der Waals surface area contributed by atoms with Crippen LogP contribution in [0.3, 0.4) is 0 Å². The highest BCUT2D eigenvalue weighted by Gasteiger charge is 2.27. The summed E-state index contributed by atoms with van der Waals surface area (Å²) in [6, 6.07) is 13.9. The van der Waals surface area contributed by atoms with Crippen LogP contribution < -0.4 is 9.62 Å². The summed E-state index contributed by atoms with van der Waals surface area (Å²) >= 11 is 0. The van der Waals surface area contributed by atoms with Crippen molar-refractivity contribution in [2.24, 2.45) is 0 Å². The molecule has 2 aromatic carbocycles. The SMILES string of the molecule is CC[C@H](C)NC(=O)[C@@H](C)N(Cc1ccccc1F)C(=O)CCCN(c1ccccc1)S(C)(=O)=O. The lowest BCUT2D eigenvalue weighted by Gasteiger charge is -2.30. The van der Waals surface area contributed by atoms with Gasteiger partial charge in [-0.05, 0) is 44.9 Å². The van der Waals surface area contributed by atoms with Crippen molar-refractivity contribution in [3.8, 4) is 0 Å². The lowest BCUT2D eigenvalue weighted by Crippen LogP contribution is -2.49. The van der Waals surface area contributed by atoms with E-state index < -0.39 is 21.9 Å². The number of para-hydroxylation sites is 1. The summed E-state index contributed by atoms with van der Waals surface area (Å²) in [6.07, 6.45) is 2.11. The molecule has 1 N–H and O–H groups in total.